The fraction of sp³-hybridized carbons (Fsp3) is 0.350. The number of amides is 1. The molecule has 0 spiro atoms. The third-order valence-electron chi connectivity index (χ3n) is 4.88. The Morgan fingerprint density at radius 1 is 1.13 bits per heavy atom. The highest BCUT2D eigenvalue weighted by Gasteiger charge is 2.23. The Morgan fingerprint density at radius 2 is 1.84 bits per heavy atom. The maximum atomic E-state index is 12.7. The number of sulfonamides is 1. The van der Waals surface area contributed by atoms with E-state index in [2.05, 4.69) is 10.0 Å². The van der Waals surface area contributed by atoms with Crippen LogP contribution in [0.3, 0.4) is 0 Å². The number of carbonyl (C=O) groups is 1. The number of carbonyl (C=O) groups excluding carboxylic acids is 1. The Labute approximate surface area is 189 Å². The van der Waals surface area contributed by atoms with Gasteiger partial charge in [-0.1, -0.05) is 29.3 Å². The molecule has 1 saturated heterocycles. The molecule has 1 amide bonds. The molecule has 1 heterocycles. The molecule has 0 aromatic heterocycles. The summed E-state index contributed by atoms with van der Waals surface area (Å²) in [4.78, 5) is 14.1. The second-order valence-electron chi connectivity index (χ2n) is 7.20. The Morgan fingerprint density at radius 3 is 2.52 bits per heavy atom. The summed E-state index contributed by atoms with van der Waals surface area (Å²) in [6.45, 7) is 0.699. The smallest absolute Gasteiger partial charge is 0.263 e. The maximum Gasteiger partial charge on any atom is 0.263 e. The van der Waals surface area contributed by atoms with Gasteiger partial charge in [-0.25, -0.2) is 17.2 Å². The number of rotatable bonds is 7. The number of hydrogen-bond acceptors (Lipinski definition) is 4. The molecular formula is C20H21Cl2F2N3O3S. The molecule has 2 aromatic carbocycles. The van der Waals surface area contributed by atoms with Crippen LogP contribution >= 0.6 is 23.2 Å². The average molecular weight is 492 g/mol. The van der Waals surface area contributed by atoms with Crippen LogP contribution in [0.4, 0.5) is 14.5 Å². The SMILES string of the molecule is O=C(NC1CCN(CC(F)F)CC1)c1cccc(NS(=O)(=O)c2cc(Cl)ccc2Cl)c1. The predicted octanol–water partition coefficient (Wildman–Crippen LogP) is 4.25. The van der Waals surface area contributed by atoms with E-state index in [1.807, 2.05) is 0 Å². The zero-order valence-electron chi connectivity index (χ0n) is 16.3. The number of anilines is 1. The van der Waals surface area contributed by atoms with Crippen LogP contribution in [-0.2, 0) is 10.0 Å². The van der Waals surface area contributed by atoms with Crippen LogP contribution in [-0.4, -0.2) is 51.3 Å². The summed E-state index contributed by atoms with van der Waals surface area (Å²) >= 11 is 11.9. The van der Waals surface area contributed by atoms with Crippen molar-refractivity contribution in [2.24, 2.45) is 0 Å². The average Bonchev–Trinajstić information content (AvgIpc) is 2.70. The first-order chi connectivity index (χ1) is 14.6. The highest BCUT2D eigenvalue weighted by atomic mass is 35.5. The summed E-state index contributed by atoms with van der Waals surface area (Å²) in [7, 11) is -4.02. The molecule has 2 N–H and O–H groups in total. The molecule has 0 unspecified atom stereocenters. The Bertz CT molecular complexity index is 1050. The number of nitrogens with one attached hydrogen (secondary N) is 2. The van der Waals surface area contributed by atoms with Gasteiger partial charge in [-0.2, -0.15) is 0 Å². The predicted molar refractivity (Wildman–Crippen MR) is 117 cm³/mol. The fourth-order valence-corrected chi connectivity index (χ4v) is 5.15. The van der Waals surface area contributed by atoms with E-state index in [1.165, 1.54) is 30.3 Å². The minimum atomic E-state index is -4.02. The molecule has 168 valence electrons. The molecule has 11 heteroatoms. The zero-order chi connectivity index (χ0) is 22.6. The molecule has 2 aromatic rings. The number of nitrogens with zero attached hydrogens (tertiary/aromatic N) is 1. The van der Waals surface area contributed by atoms with Crippen molar-refractivity contribution in [3.8, 4) is 0 Å². The topological polar surface area (TPSA) is 78.5 Å². The number of benzene rings is 2. The van der Waals surface area contributed by atoms with Gasteiger partial charge in [-0.05, 0) is 49.2 Å². The van der Waals surface area contributed by atoms with E-state index in [-0.39, 0.29) is 44.7 Å². The first-order valence-electron chi connectivity index (χ1n) is 9.53. The first kappa shape index (κ1) is 23.7. The van der Waals surface area contributed by atoms with Crippen LogP contribution in [0.15, 0.2) is 47.4 Å². The van der Waals surface area contributed by atoms with Crippen LogP contribution in [0.2, 0.25) is 10.0 Å². The molecule has 0 bridgehead atoms. The van der Waals surface area contributed by atoms with Crippen molar-refractivity contribution < 1.29 is 22.0 Å². The lowest BCUT2D eigenvalue weighted by atomic mass is 10.0. The van der Waals surface area contributed by atoms with Crippen LogP contribution in [0.5, 0.6) is 0 Å². The van der Waals surface area contributed by atoms with Gasteiger partial charge in [0, 0.05) is 35.4 Å². The molecular weight excluding hydrogens is 471 g/mol. The lowest BCUT2D eigenvalue weighted by Crippen LogP contribution is -2.45. The number of piperidine rings is 1. The van der Waals surface area contributed by atoms with Gasteiger partial charge in [0.05, 0.1) is 11.6 Å². The van der Waals surface area contributed by atoms with Crippen molar-refractivity contribution in [1.82, 2.24) is 10.2 Å². The monoisotopic (exact) mass is 491 g/mol. The summed E-state index contributed by atoms with van der Waals surface area (Å²) < 4.78 is 52.7. The largest absolute Gasteiger partial charge is 0.349 e. The Hall–Kier alpha value is -1.94. The molecule has 1 aliphatic rings. The fourth-order valence-electron chi connectivity index (χ4n) is 3.34. The van der Waals surface area contributed by atoms with Gasteiger partial charge in [0.15, 0.2) is 0 Å². The van der Waals surface area contributed by atoms with E-state index >= 15 is 0 Å². The summed E-state index contributed by atoms with van der Waals surface area (Å²) in [5.41, 5.74) is 0.461. The molecule has 0 atom stereocenters. The van der Waals surface area contributed by atoms with Gasteiger partial charge in [-0.15, -0.1) is 0 Å². The molecule has 0 aliphatic carbocycles. The van der Waals surface area contributed by atoms with Crippen LogP contribution in [0.1, 0.15) is 23.2 Å². The molecule has 31 heavy (non-hydrogen) atoms. The summed E-state index contributed by atoms with van der Waals surface area (Å²) in [5, 5.41) is 3.12. The van der Waals surface area contributed by atoms with Gasteiger partial charge in [0.2, 0.25) is 0 Å². The third kappa shape index (κ3) is 6.52. The molecule has 3 rings (SSSR count). The maximum absolute atomic E-state index is 12.7. The molecule has 1 aliphatic heterocycles. The lowest BCUT2D eigenvalue weighted by Gasteiger charge is -2.32. The van der Waals surface area contributed by atoms with Gasteiger partial charge in [-0.3, -0.25) is 14.4 Å². The first-order valence-corrected chi connectivity index (χ1v) is 11.8. The van der Waals surface area contributed by atoms with Gasteiger partial charge in [0.25, 0.3) is 22.4 Å². The van der Waals surface area contributed by atoms with E-state index in [9.17, 15) is 22.0 Å². The Balaban J connectivity index is 1.65. The number of halogens is 4. The minimum Gasteiger partial charge on any atom is -0.349 e. The normalized spacial score (nSPS) is 15.8. The third-order valence-corrected chi connectivity index (χ3v) is 6.98. The van der Waals surface area contributed by atoms with Crippen molar-refractivity contribution in [1.29, 1.82) is 0 Å². The minimum absolute atomic E-state index is 0.0176. The van der Waals surface area contributed by atoms with Gasteiger partial charge >= 0.3 is 0 Å². The second-order valence-corrected chi connectivity index (χ2v) is 9.69. The molecule has 1 fully saturated rings. The quantitative estimate of drug-likeness (QED) is 0.606. The van der Waals surface area contributed by atoms with Crippen molar-refractivity contribution in [2.75, 3.05) is 24.4 Å². The summed E-state index contributed by atoms with van der Waals surface area (Å²) in [5.74, 6) is -0.367. The molecule has 6 nitrogen and oxygen atoms in total. The standard InChI is InChI=1S/C20H21Cl2F2N3O3S/c21-14-4-5-17(22)18(11-14)31(29,30)26-16-3-1-2-13(10-16)20(28)25-15-6-8-27(9-7-15)12-19(23)24/h1-5,10-11,15,19,26H,6-9,12H2,(H,25,28). The van der Waals surface area contributed by atoms with E-state index in [0.29, 0.717) is 25.9 Å². The van der Waals surface area contributed by atoms with E-state index in [4.69, 9.17) is 23.2 Å². The van der Waals surface area contributed by atoms with Gasteiger partial charge < -0.3 is 5.32 Å². The summed E-state index contributed by atoms with van der Waals surface area (Å²) in [6.07, 6.45) is -1.24. The van der Waals surface area contributed by atoms with E-state index < -0.39 is 16.4 Å². The van der Waals surface area contributed by atoms with Crippen LogP contribution < -0.4 is 10.0 Å². The van der Waals surface area contributed by atoms with Crippen LogP contribution in [0, 0.1) is 0 Å². The zero-order valence-corrected chi connectivity index (χ0v) is 18.7. The Kier molecular flexibility index (Phi) is 7.74. The number of likely N-dealkylation sites (tertiary alicyclic amines) is 1. The van der Waals surface area contributed by atoms with Crippen LogP contribution in [0.25, 0.3) is 0 Å². The lowest BCUT2D eigenvalue weighted by molar-refractivity contribution is 0.0696. The number of alkyl halides is 2. The second kappa shape index (κ2) is 10.1. The van der Waals surface area contributed by atoms with E-state index in [0.717, 1.165) is 0 Å². The summed E-state index contributed by atoms with van der Waals surface area (Å²) in [6, 6.07) is 10.0. The van der Waals surface area contributed by atoms with Crippen molar-refractivity contribution in [3.05, 3.63) is 58.1 Å². The molecule has 0 radical (unpaired) electrons. The number of hydrogen-bond donors (Lipinski definition) is 2. The van der Waals surface area contributed by atoms with Crippen molar-refractivity contribution in [2.45, 2.75) is 30.2 Å². The molecule has 0 saturated carbocycles. The highest BCUT2D eigenvalue weighted by molar-refractivity contribution is 7.92. The van der Waals surface area contributed by atoms with Crippen molar-refractivity contribution in [3.63, 3.8) is 0 Å². The van der Waals surface area contributed by atoms with Gasteiger partial charge in [0.1, 0.15) is 4.90 Å². The van der Waals surface area contributed by atoms with Crippen molar-refractivity contribution >= 4 is 44.8 Å². The highest BCUT2D eigenvalue weighted by Crippen LogP contribution is 2.27. The van der Waals surface area contributed by atoms with E-state index in [1.54, 1.807) is 17.0 Å².